The molecule has 0 saturated heterocycles. The Bertz CT molecular complexity index is 1200. The fraction of sp³-hybridized carbons (Fsp3) is 0.333. The second-order valence-electron chi connectivity index (χ2n) is 9.87. The van der Waals surface area contributed by atoms with Crippen molar-refractivity contribution in [3.63, 3.8) is 0 Å². The molecule has 3 aromatic carbocycles. The maximum atomic E-state index is 9.80. The Morgan fingerprint density at radius 1 is 0.550 bits per heavy atom. The minimum absolute atomic E-state index is 0.563. The predicted octanol–water partition coefficient (Wildman–Crippen LogP) is 9.73. The summed E-state index contributed by atoms with van der Waals surface area (Å²) in [6.45, 7) is 5.85. The van der Waals surface area contributed by atoms with Gasteiger partial charge in [0.15, 0.2) is 0 Å². The van der Waals surface area contributed by atoms with Crippen LogP contribution in [0.15, 0.2) is 72.8 Å². The van der Waals surface area contributed by atoms with E-state index in [-0.39, 0.29) is 0 Å². The van der Waals surface area contributed by atoms with E-state index >= 15 is 0 Å². The smallest absolute Gasteiger partial charge is 0.119 e. The highest BCUT2D eigenvalue weighted by molar-refractivity contribution is 5.92. The lowest BCUT2D eigenvalue weighted by atomic mass is 9.99. The highest BCUT2D eigenvalue weighted by atomic mass is 16.5. The van der Waals surface area contributed by atoms with Crippen molar-refractivity contribution in [2.45, 2.75) is 65.2 Å². The van der Waals surface area contributed by atoms with E-state index in [1.54, 1.807) is 0 Å². The Morgan fingerprint density at radius 2 is 0.925 bits per heavy atom. The van der Waals surface area contributed by atoms with E-state index in [2.05, 4.69) is 26.0 Å². The first-order valence-corrected chi connectivity index (χ1v) is 14.5. The van der Waals surface area contributed by atoms with Gasteiger partial charge in [-0.05, 0) is 71.5 Å². The second-order valence-corrected chi connectivity index (χ2v) is 9.87. The monoisotopic (exact) mass is 532 g/mol. The summed E-state index contributed by atoms with van der Waals surface area (Å²) in [5.74, 6) is 1.69. The van der Waals surface area contributed by atoms with Crippen molar-refractivity contribution in [2.75, 3.05) is 13.2 Å². The van der Waals surface area contributed by atoms with Crippen molar-refractivity contribution < 1.29 is 9.47 Å². The molecule has 0 amide bonds. The van der Waals surface area contributed by atoms with Crippen LogP contribution in [0.5, 0.6) is 11.5 Å². The molecular weight excluding hydrogens is 492 g/mol. The van der Waals surface area contributed by atoms with Gasteiger partial charge in [-0.15, -0.1) is 0 Å². The van der Waals surface area contributed by atoms with Crippen LogP contribution in [-0.2, 0) is 0 Å². The molecule has 0 fully saturated rings. The molecule has 0 spiro atoms. The summed E-state index contributed by atoms with van der Waals surface area (Å²) in [5.41, 5.74) is 4.61. The lowest BCUT2D eigenvalue weighted by Gasteiger charge is -2.07. The lowest BCUT2D eigenvalue weighted by Crippen LogP contribution is -1.97. The number of rotatable bonds is 16. The Balaban J connectivity index is 1.62. The van der Waals surface area contributed by atoms with Crippen molar-refractivity contribution in [1.29, 1.82) is 10.5 Å². The molecule has 0 unspecified atom stereocenters. The van der Waals surface area contributed by atoms with E-state index in [0.717, 1.165) is 59.8 Å². The van der Waals surface area contributed by atoms with Gasteiger partial charge in [-0.3, -0.25) is 0 Å². The van der Waals surface area contributed by atoms with E-state index < -0.39 is 0 Å². The molecule has 0 aromatic heterocycles. The first-order chi connectivity index (χ1) is 19.7. The molecule has 0 N–H and O–H groups in total. The first-order valence-electron chi connectivity index (χ1n) is 14.5. The van der Waals surface area contributed by atoms with Gasteiger partial charge in [0.1, 0.15) is 11.5 Å². The molecule has 3 rings (SSSR count). The van der Waals surface area contributed by atoms with Crippen molar-refractivity contribution in [3.8, 4) is 23.6 Å². The standard InChI is InChI=1S/C36H40N2O2/c1-3-5-7-9-23-39-35-19-11-29(12-20-35)25-33(27-37)31-15-17-32(18-16-31)34(28-38)26-30-13-21-36(22-14-30)40-24-10-8-6-4-2/h11-22,25-26H,3-10,23-24H2,1-2H3/b33-25-,34-26+. The third-order valence-corrected chi connectivity index (χ3v) is 6.66. The molecule has 0 aliphatic carbocycles. The summed E-state index contributed by atoms with van der Waals surface area (Å²) in [4.78, 5) is 0. The molecule has 0 aliphatic heterocycles. The van der Waals surface area contributed by atoms with Gasteiger partial charge in [0.05, 0.1) is 36.5 Å². The highest BCUT2D eigenvalue weighted by Crippen LogP contribution is 2.24. The van der Waals surface area contributed by atoms with Gasteiger partial charge in [-0.2, -0.15) is 10.5 Å². The molecular formula is C36H40N2O2. The normalized spacial score (nSPS) is 11.5. The molecule has 0 heterocycles. The largest absolute Gasteiger partial charge is 0.494 e. The number of allylic oxidation sites excluding steroid dienone is 2. The van der Waals surface area contributed by atoms with E-state index in [4.69, 9.17) is 9.47 Å². The van der Waals surface area contributed by atoms with E-state index in [1.165, 1.54) is 38.5 Å². The Morgan fingerprint density at radius 3 is 1.25 bits per heavy atom. The van der Waals surface area contributed by atoms with Gasteiger partial charge < -0.3 is 9.47 Å². The van der Waals surface area contributed by atoms with Crippen molar-refractivity contribution >= 4 is 23.3 Å². The fourth-order valence-electron chi connectivity index (χ4n) is 4.28. The third kappa shape index (κ3) is 10.1. The zero-order chi connectivity index (χ0) is 28.4. The topological polar surface area (TPSA) is 66.0 Å². The number of hydrogen-bond acceptors (Lipinski definition) is 4. The lowest BCUT2D eigenvalue weighted by molar-refractivity contribution is 0.305. The Hall–Kier alpha value is -4.28. The van der Waals surface area contributed by atoms with Gasteiger partial charge >= 0.3 is 0 Å². The maximum Gasteiger partial charge on any atom is 0.119 e. The number of benzene rings is 3. The van der Waals surface area contributed by atoms with Crippen molar-refractivity contribution in [3.05, 3.63) is 95.1 Å². The average Bonchev–Trinajstić information content (AvgIpc) is 3.00. The highest BCUT2D eigenvalue weighted by Gasteiger charge is 2.06. The van der Waals surface area contributed by atoms with Gasteiger partial charge in [0, 0.05) is 0 Å². The number of nitrogens with zero attached hydrogens (tertiary/aromatic N) is 2. The number of hydrogen-bond donors (Lipinski definition) is 0. The van der Waals surface area contributed by atoms with E-state index in [9.17, 15) is 10.5 Å². The van der Waals surface area contributed by atoms with Crippen LogP contribution in [0.1, 0.15) is 87.5 Å². The zero-order valence-electron chi connectivity index (χ0n) is 23.9. The minimum atomic E-state index is 0.563. The Kier molecular flexibility index (Phi) is 13.1. The van der Waals surface area contributed by atoms with Gasteiger partial charge in [0.25, 0.3) is 0 Å². The van der Waals surface area contributed by atoms with Gasteiger partial charge in [-0.1, -0.05) is 101 Å². The van der Waals surface area contributed by atoms with Crippen LogP contribution < -0.4 is 9.47 Å². The maximum absolute atomic E-state index is 9.80. The molecule has 206 valence electrons. The van der Waals surface area contributed by atoms with Crippen LogP contribution in [0.4, 0.5) is 0 Å². The van der Waals surface area contributed by atoms with Crippen LogP contribution in [0.2, 0.25) is 0 Å². The van der Waals surface area contributed by atoms with Gasteiger partial charge in [-0.25, -0.2) is 0 Å². The molecule has 0 bridgehead atoms. The summed E-state index contributed by atoms with van der Waals surface area (Å²) < 4.78 is 11.6. The summed E-state index contributed by atoms with van der Waals surface area (Å²) in [5, 5.41) is 19.6. The number of unbranched alkanes of at least 4 members (excludes halogenated alkanes) is 6. The summed E-state index contributed by atoms with van der Waals surface area (Å²) >= 11 is 0. The second kappa shape index (κ2) is 17.3. The van der Waals surface area contributed by atoms with Crippen molar-refractivity contribution in [1.82, 2.24) is 0 Å². The van der Waals surface area contributed by atoms with E-state index in [0.29, 0.717) is 11.1 Å². The molecule has 0 radical (unpaired) electrons. The minimum Gasteiger partial charge on any atom is -0.494 e. The van der Waals surface area contributed by atoms with Crippen LogP contribution in [-0.4, -0.2) is 13.2 Å². The SMILES string of the molecule is CCCCCCOc1ccc(/C=C(\C#N)c2ccc(/C(C#N)=C\c3ccc(OCCCCCC)cc3)cc2)cc1. The van der Waals surface area contributed by atoms with Crippen LogP contribution in [0.3, 0.4) is 0 Å². The first kappa shape index (κ1) is 30.3. The molecule has 4 nitrogen and oxygen atoms in total. The summed E-state index contributed by atoms with van der Waals surface area (Å²) in [6.07, 6.45) is 13.1. The average molecular weight is 533 g/mol. The zero-order valence-corrected chi connectivity index (χ0v) is 23.9. The molecule has 0 atom stereocenters. The number of ether oxygens (including phenoxy) is 2. The van der Waals surface area contributed by atoms with E-state index in [1.807, 2.05) is 84.9 Å². The third-order valence-electron chi connectivity index (χ3n) is 6.66. The van der Waals surface area contributed by atoms with Gasteiger partial charge in [0.2, 0.25) is 0 Å². The fourth-order valence-corrected chi connectivity index (χ4v) is 4.28. The molecule has 0 saturated carbocycles. The Labute approximate surface area is 240 Å². The molecule has 3 aromatic rings. The summed E-state index contributed by atoms with van der Waals surface area (Å²) in [7, 11) is 0. The number of nitriles is 2. The molecule has 4 heteroatoms. The molecule has 0 aliphatic rings. The van der Waals surface area contributed by atoms with Crippen molar-refractivity contribution in [2.24, 2.45) is 0 Å². The molecule has 40 heavy (non-hydrogen) atoms. The van der Waals surface area contributed by atoms with Crippen LogP contribution >= 0.6 is 0 Å². The predicted molar refractivity (Wildman–Crippen MR) is 166 cm³/mol. The van der Waals surface area contributed by atoms with Crippen LogP contribution in [0, 0.1) is 22.7 Å². The summed E-state index contributed by atoms with van der Waals surface area (Å²) in [6, 6.07) is 27.8. The van der Waals surface area contributed by atoms with Crippen LogP contribution in [0.25, 0.3) is 23.3 Å². The quantitative estimate of drug-likeness (QED) is 0.105.